The average Bonchev–Trinajstić information content (AvgIpc) is 3.16. The topological polar surface area (TPSA) is 30.7 Å². The van der Waals surface area contributed by atoms with E-state index in [1.807, 2.05) is 10.7 Å². The van der Waals surface area contributed by atoms with Gasteiger partial charge in [0.25, 0.3) is 0 Å². The molecule has 0 aliphatic carbocycles. The third-order valence-corrected chi connectivity index (χ3v) is 4.09. The van der Waals surface area contributed by atoms with E-state index in [-0.39, 0.29) is 0 Å². The first-order chi connectivity index (χ1) is 11.9. The van der Waals surface area contributed by atoms with Crippen LogP contribution in [-0.4, -0.2) is 14.8 Å². The van der Waals surface area contributed by atoms with Crippen LogP contribution in [0.15, 0.2) is 91.5 Å². The molecular weight excluding hydrogens is 294 g/mol. The van der Waals surface area contributed by atoms with Crippen LogP contribution in [0.1, 0.15) is 5.56 Å². The fraction of sp³-hybridized carbons (Fsp3) is 0.0476. The molecule has 4 aromatic rings. The molecule has 0 spiro atoms. The largest absolute Gasteiger partial charge is 0.249 e. The van der Waals surface area contributed by atoms with Crippen LogP contribution in [0.3, 0.4) is 0 Å². The van der Waals surface area contributed by atoms with Crippen LogP contribution >= 0.6 is 0 Å². The first-order valence-electron chi connectivity index (χ1n) is 7.96. The molecule has 0 aliphatic heterocycles. The van der Waals surface area contributed by atoms with Crippen molar-refractivity contribution in [3.05, 3.63) is 97.1 Å². The molecule has 0 radical (unpaired) electrons. The van der Waals surface area contributed by atoms with Crippen LogP contribution in [0.4, 0.5) is 0 Å². The average molecular weight is 311 g/mol. The first kappa shape index (κ1) is 14.4. The highest BCUT2D eigenvalue weighted by Crippen LogP contribution is 2.25. The van der Waals surface area contributed by atoms with Crippen LogP contribution in [0.25, 0.3) is 22.3 Å². The van der Waals surface area contributed by atoms with Crippen molar-refractivity contribution in [3.63, 3.8) is 0 Å². The van der Waals surface area contributed by atoms with Crippen molar-refractivity contribution < 1.29 is 0 Å². The molecule has 0 saturated carbocycles. The number of aromatic nitrogens is 3. The Hall–Kier alpha value is -3.20. The van der Waals surface area contributed by atoms with Gasteiger partial charge in [0.1, 0.15) is 12.7 Å². The van der Waals surface area contributed by atoms with Gasteiger partial charge in [-0.15, -0.1) is 0 Å². The molecule has 0 amide bonds. The Balaban J connectivity index is 1.53. The van der Waals surface area contributed by atoms with E-state index < -0.39 is 0 Å². The van der Waals surface area contributed by atoms with Crippen molar-refractivity contribution in [1.82, 2.24) is 14.8 Å². The second-order valence-electron chi connectivity index (χ2n) is 5.73. The van der Waals surface area contributed by atoms with Gasteiger partial charge in [-0.25, -0.2) is 9.67 Å². The molecule has 0 aliphatic rings. The summed E-state index contributed by atoms with van der Waals surface area (Å²) in [6, 6.07) is 27.7. The van der Waals surface area contributed by atoms with Gasteiger partial charge < -0.3 is 0 Å². The molecule has 3 nitrogen and oxygen atoms in total. The van der Waals surface area contributed by atoms with Gasteiger partial charge in [0.2, 0.25) is 0 Å². The van der Waals surface area contributed by atoms with Crippen LogP contribution in [0.2, 0.25) is 0 Å². The van der Waals surface area contributed by atoms with Crippen molar-refractivity contribution in [2.45, 2.75) is 6.54 Å². The Labute approximate surface area is 141 Å². The Morgan fingerprint density at radius 3 is 1.71 bits per heavy atom. The molecule has 3 heteroatoms. The van der Waals surface area contributed by atoms with Crippen molar-refractivity contribution >= 4 is 0 Å². The van der Waals surface area contributed by atoms with E-state index >= 15 is 0 Å². The zero-order valence-electron chi connectivity index (χ0n) is 13.2. The number of hydrogen-bond acceptors (Lipinski definition) is 2. The molecule has 0 atom stereocenters. The van der Waals surface area contributed by atoms with Crippen molar-refractivity contribution in [2.75, 3.05) is 0 Å². The molecule has 4 rings (SSSR count). The van der Waals surface area contributed by atoms with Crippen molar-refractivity contribution in [2.24, 2.45) is 0 Å². The van der Waals surface area contributed by atoms with Crippen molar-refractivity contribution in [3.8, 4) is 22.3 Å². The lowest BCUT2D eigenvalue weighted by Crippen LogP contribution is -1.99. The first-order valence-corrected chi connectivity index (χ1v) is 7.96. The van der Waals surface area contributed by atoms with Crippen molar-refractivity contribution in [1.29, 1.82) is 0 Å². The number of nitrogens with zero attached hydrogens (tertiary/aromatic N) is 3. The Morgan fingerprint density at radius 1 is 0.625 bits per heavy atom. The zero-order valence-corrected chi connectivity index (χ0v) is 13.2. The summed E-state index contributed by atoms with van der Waals surface area (Å²) in [5.74, 6) is 0. The standard InChI is InChI=1S/C21H17N3/c1-2-4-18(5-3-1)20-10-12-21(13-11-20)19-8-6-17(7-9-19)14-24-16-22-15-23-24/h1-13,15-16H,14H2. The maximum Gasteiger partial charge on any atom is 0.137 e. The minimum atomic E-state index is 0.743. The highest BCUT2D eigenvalue weighted by atomic mass is 15.3. The number of rotatable bonds is 4. The minimum Gasteiger partial charge on any atom is -0.249 e. The number of benzene rings is 3. The van der Waals surface area contributed by atoms with Gasteiger partial charge in [-0.2, -0.15) is 5.10 Å². The minimum absolute atomic E-state index is 0.743. The molecule has 0 bridgehead atoms. The lowest BCUT2D eigenvalue weighted by Gasteiger charge is -2.06. The van der Waals surface area contributed by atoms with Crippen LogP contribution < -0.4 is 0 Å². The third-order valence-electron chi connectivity index (χ3n) is 4.09. The van der Waals surface area contributed by atoms with Gasteiger partial charge in [-0.05, 0) is 27.8 Å². The molecule has 3 aromatic carbocycles. The van der Waals surface area contributed by atoms with Gasteiger partial charge in [0.15, 0.2) is 0 Å². The molecule has 24 heavy (non-hydrogen) atoms. The van der Waals surface area contributed by atoms with E-state index in [0.717, 1.165) is 6.54 Å². The van der Waals surface area contributed by atoms with E-state index in [2.05, 4.69) is 82.9 Å². The van der Waals surface area contributed by atoms with E-state index in [4.69, 9.17) is 0 Å². The third kappa shape index (κ3) is 3.10. The quantitative estimate of drug-likeness (QED) is 0.549. The van der Waals surface area contributed by atoms with E-state index in [1.54, 1.807) is 12.7 Å². The summed E-state index contributed by atoms with van der Waals surface area (Å²) >= 11 is 0. The molecular formula is C21H17N3. The van der Waals surface area contributed by atoms with Gasteiger partial charge in [-0.3, -0.25) is 0 Å². The fourth-order valence-electron chi connectivity index (χ4n) is 2.79. The summed E-state index contributed by atoms with van der Waals surface area (Å²) in [5.41, 5.74) is 6.14. The number of hydrogen-bond donors (Lipinski definition) is 0. The predicted molar refractivity (Wildman–Crippen MR) is 96.4 cm³/mol. The molecule has 1 heterocycles. The van der Waals surface area contributed by atoms with Crippen LogP contribution in [0.5, 0.6) is 0 Å². The van der Waals surface area contributed by atoms with Gasteiger partial charge in [0, 0.05) is 0 Å². The second-order valence-corrected chi connectivity index (χ2v) is 5.73. The zero-order chi connectivity index (χ0) is 16.2. The van der Waals surface area contributed by atoms with Gasteiger partial charge in [0.05, 0.1) is 6.54 Å². The Kier molecular flexibility index (Phi) is 3.90. The summed E-state index contributed by atoms with van der Waals surface area (Å²) < 4.78 is 1.82. The summed E-state index contributed by atoms with van der Waals surface area (Å²) in [7, 11) is 0. The fourth-order valence-corrected chi connectivity index (χ4v) is 2.79. The lowest BCUT2D eigenvalue weighted by atomic mass is 10.00. The highest BCUT2D eigenvalue weighted by Gasteiger charge is 2.01. The smallest absolute Gasteiger partial charge is 0.137 e. The predicted octanol–water partition coefficient (Wildman–Crippen LogP) is 4.66. The van der Waals surface area contributed by atoms with E-state index in [9.17, 15) is 0 Å². The SMILES string of the molecule is c1ccc(-c2ccc(-c3ccc(Cn4cncn4)cc3)cc2)cc1. The Bertz CT molecular complexity index is 894. The van der Waals surface area contributed by atoms with Crippen LogP contribution in [0, 0.1) is 0 Å². The summed E-state index contributed by atoms with van der Waals surface area (Å²) in [4.78, 5) is 3.97. The Morgan fingerprint density at radius 2 is 1.17 bits per heavy atom. The molecule has 0 saturated heterocycles. The molecule has 0 unspecified atom stereocenters. The maximum absolute atomic E-state index is 4.14. The van der Waals surface area contributed by atoms with E-state index in [0.29, 0.717) is 0 Å². The summed E-state index contributed by atoms with van der Waals surface area (Å²) in [5, 5.41) is 4.14. The lowest BCUT2D eigenvalue weighted by molar-refractivity contribution is 0.685. The van der Waals surface area contributed by atoms with Crippen LogP contribution in [-0.2, 0) is 6.54 Å². The maximum atomic E-state index is 4.14. The molecule has 1 aromatic heterocycles. The van der Waals surface area contributed by atoms with E-state index in [1.165, 1.54) is 27.8 Å². The summed E-state index contributed by atoms with van der Waals surface area (Å²) in [6.07, 6.45) is 3.29. The molecule has 0 fully saturated rings. The molecule has 116 valence electrons. The highest BCUT2D eigenvalue weighted by molar-refractivity contribution is 5.70. The van der Waals surface area contributed by atoms with Gasteiger partial charge in [-0.1, -0.05) is 78.9 Å². The molecule has 0 N–H and O–H groups in total. The second kappa shape index (κ2) is 6.50. The van der Waals surface area contributed by atoms with Gasteiger partial charge >= 0.3 is 0 Å². The summed E-state index contributed by atoms with van der Waals surface area (Å²) in [6.45, 7) is 0.743. The monoisotopic (exact) mass is 311 g/mol. The normalized spacial score (nSPS) is 10.7.